The Kier molecular flexibility index (Phi) is 5.86. The highest BCUT2D eigenvalue weighted by Crippen LogP contribution is 2.14. The SMILES string of the molecule is NC(=O)NCc1ccc(C(=O)NC2CCN(Cc3ccccc3)C2)cc1. The maximum Gasteiger partial charge on any atom is 0.312 e. The van der Waals surface area contributed by atoms with Gasteiger partial charge in [0.1, 0.15) is 0 Å². The summed E-state index contributed by atoms with van der Waals surface area (Å²) >= 11 is 0. The van der Waals surface area contributed by atoms with E-state index < -0.39 is 6.03 Å². The Morgan fingerprint density at radius 2 is 1.77 bits per heavy atom. The van der Waals surface area contributed by atoms with Gasteiger partial charge < -0.3 is 16.4 Å². The first-order valence-corrected chi connectivity index (χ1v) is 8.79. The molecule has 1 heterocycles. The van der Waals surface area contributed by atoms with Crippen molar-refractivity contribution in [3.8, 4) is 0 Å². The van der Waals surface area contributed by atoms with Gasteiger partial charge >= 0.3 is 6.03 Å². The van der Waals surface area contributed by atoms with Crippen LogP contribution in [0, 0.1) is 0 Å². The molecule has 2 aromatic carbocycles. The van der Waals surface area contributed by atoms with Crippen LogP contribution in [0.3, 0.4) is 0 Å². The molecule has 1 saturated heterocycles. The van der Waals surface area contributed by atoms with E-state index in [1.165, 1.54) is 5.56 Å². The molecule has 4 N–H and O–H groups in total. The van der Waals surface area contributed by atoms with Gasteiger partial charge in [-0.25, -0.2) is 4.79 Å². The molecule has 6 nitrogen and oxygen atoms in total. The zero-order valence-corrected chi connectivity index (χ0v) is 14.7. The van der Waals surface area contributed by atoms with E-state index in [9.17, 15) is 9.59 Å². The maximum absolute atomic E-state index is 12.4. The predicted molar refractivity (Wildman–Crippen MR) is 100 cm³/mol. The van der Waals surface area contributed by atoms with Gasteiger partial charge in [-0.1, -0.05) is 42.5 Å². The maximum atomic E-state index is 12.4. The molecular weight excluding hydrogens is 328 g/mol. The summed E-state index contributed by atoms with van der Waals surface area (Å²) in [5.74, 6) is -0.0639. The van der Waals surface area contributed by atoms with E-state index in [4.69, 9.17) is 5.73 Å². The fourth-order valence-electron chi connectivity index (χ4n) is 3.17. The first kappa shape index (κ1) is 17.9. The molecule has 26 heavy (non-hydrogen) atoms. The number of primary amides is 1. The molecule has 0 radical (unpaired) electrons. The fraction of sp³-hybridized carbons (Fsp3) is 0.300. The van der Waals surface area contributed by atoms with E-state index in [0.717, 1.165) is 31.6 Å². The zero-order chi connectivity index (χ0) is 18.4. The topological polar surface area (TPSA) is 87.5 Å². The largest absolute Gasteiger partial charge is 0.352 e. The number of nitrogens with two attached hydrogens (primary N) is 1. The highest BCUT2D eigenvalue weighted by Gasteiger charge is 2.24. The van der Waals surface area contributed by atoms with Crippen LogP contribution in [0.2, 0.25) is 0 Å². The third-order valence-electron chi connectivity index (χ3n) is 4.54. The van der Waals surface area contributed by atoms with Crippen molar-refractivity contribution in [2.75, 3.05) is 13.1 Å². The van der Waals surface area contributed by atoms with E-state index in [0.29, 0.717) is 12.1 Å². The number of likely N-dealkylation sites (tertiary alicyclic amines) is 1. The Morgan fingerprint density at radius 1 is 1.04 bits per heavy atom. The summed E-state index contributed by atoms with van der Waals surface area (Å²) in [6.45, 7) is 3.11. The molecule has 0 aliphatic carbocycles. The van der Waals surface area contributed by atoms with Crippen LogP contribution in [-0.4, -0.2) is 36.0 Å². The molecule has 136 valence electrons. The molecule has 1 aliphatic rings. The van der Waals surface area contributed by atoms with Crippen LogP contribution in [-0.2, 0) is 13.1 Å². The van der Waals surface area contributed by atoms with E-state index in [2.05, 4.69) is 27.7 Å². The number of rotatable bonds is 6. The lowest BCUT2D eigenvalue weighted by atomic mass is 10.1. The molecule has 6 heteroatoms. The number of carbonyl (C=O) groups excluding carboxylic acids is 2. The van der Waals surface area contributed by atoms with Crippen molar-refractivity contribution in [1.29, 1.82) is 0 Å². The minimum atomic E-state index is -0.562. The van der Waals surface area contributed by atoms with Crippen LogP contribution < -0.4 is 16.4 Å². The third-order valence-corrected chi connectivity index (χ3v) is 4.54. The lowest BCUT2D eigenvalue weighted by molar-refractivity contribution is 0.0937. The monoisotopic (exact) mass is 352 g/mol. The average molecular weight is 352 g/mol. The Labute approximate surface area is 153 Å². The van der Waals surface area contributed by atoms with Crippen LogP contribution in [0.1, 0.15) is 27.9 Å². The number of carbonyl (C=O) groups is 2. The molecule has 1 unspecified atom stereocenters. The highest BCUT2D eigenvalue weighted by atomic mass is 16.2. The molecule has 0 spiro atoms. The van der Waals surface area contributed by atoms with Crippen molar-refractivity contribution in [2.24, 2.45) is 5.73 Å². The van der Waals surface area contributed by atoms with Crippen molar-refractivity contribution >= 4 is 11.9 Å². The fourth-order valence-corrected chi connectivity index (χ4v) is 3.17. The van der Waals surface area contributed by atoms with Crippen molar-refractivity contribution in [3.05, 3.63) is 71.3 Å². The zero-order valence-electron chi connectivity index (χ0n) is 14.7. The molecule has 3 rings (SSSR count). The van der Waals surface area contributed by atoms with Gasteiger partial charge in [-0.15, -0.1) is 0 Å². The minimum absolute atomic E-state index is 0.0639. The summed E-state index contributed by atoms with van der Waals surface area (Å²) in [7, 11) is 0. The number of hydrogen-bond donors (Lipinski definition) is 3. The molecule has 1 fully saturated rings. The first-order chi connectivity index (χ1) is 12.6. The van der Waals surface area contributed by atoms with Crippen LogP contribution in [0.15, 0.2) is 54.6 Å². The Hall–Kier alpha value is -2.86. The van der Waals surface area contributed by atoms with Crippen molar-refractivity contribution < 1.29 is 9.59 Å². The summed E-state index contributed by atoms with van der Waals surface area (Å²) in [6.07, 6.45) is 0.958. The summed E-state index contributed by atoms with van der Waals surface area (Å²) < 4.78 is 0. The molecule has 0 aromatic heterocycles. The van der Waals surface area contributed by atoms with E-state index >= 15 is 0 Å². The number of urea groups is 1. The first-order valence-electron chi connectivity index (χ1n) is 8.79. The van der Waals surface area contributed by atoms with Gasteiger partial charge in [-0.05, 0) is 29.7 Å². The number of hydrogen-bond acceptors (Lipinski definition) is 3. The van der Waals surface area contributed by atoms with Gasteiger partial charge in [0.2, 0.25) is 0 Å². The second-order valence-corrected chi connectivity index (χ2v) is 6.59. The lowest BCUT2D eigenvalue weighted by Gasteiger charge is -2.17. The average Bonchev–Trinajstić information content (AvgIpc) is 3.08. The molecule has 1 aliphatic heterocycles. The highest BCUT2D eigenvalue weighted by molar-refractivity contribution is 5.94. The van der Waals surface area contributed by atoms with E-state index in [1.807, 2.05) is 30.3 Å². The van der Waals surface area contributed by atoms with E-state index in [1.54, 1.807) is 12.1 Å². The van der Waals surface area contributed by atoms with E-state index in [-0.39, 0.29) is 11.9 Å². The molecule has 0 saturated carbocycles. The Balaban J connectivity index is 1.48. The number of nitrogens with zero attached hydrogens (tertiary/aromatic N) is 1. The molecule has 2 aromatic rings. The van der Waals surface area contributed by atoms with Crippen LogP contribution in [0.4, 0.5) is 4.79 Å². The molecule has 0 bridgehead atoms. The molecule has 1 atom stereocenters. The van der Waals surface area contributed by atoms with Crippen molar-refractivity contribution in [3.63, 3.8) is 0 Å². The summed E-state index contributed by atoms with van der Waals surface area (Å²) in [6, 6.07) is 17.2. The van der Waals surface area contributed by atoms with Crippen LogP contribution in [0.25, 0.3) is 0 Å². The number of benzene rings is 2. The van der Waals surface area contributed by atoms with Gasteiger partial charge in [-0.3, -0.25) is 9.69 Å². The summed E-state index contributed by atoms with van der Waals surface area (Å²) in [4.78, 5) is 25.5. The third kappa shape index (κ3) is 5.07. The second-order valence-electron chi connectivity index (χ2n) is 6.59. The van der Waals surface area contributed by atoms with Gasteiger partial charge in [-0.2, -0.15) is 0 Å². The Morgan fingerprint density at radius 3 is 2.46 bits per heavy atom. The predicted octanol–water partition coefficient (Wildman–Crippen LogP) is 1.86. The van der Waals surface area contributed by atoms with Gasteiger partial charge in [0.15, 0.2) is 0 Å². The standard InChI is InChI=1S/C20H24N4O2/c21-20(26)22-12-15-6-8-17(9-7-15)19(25)23-18-10-11-24(14-18)13-16-4-2-1-3-5-16/h1-9,18H,10-14H2,(H,23,25)(H3,21,22,26). The van der Waals surface area contributed by atoms with Gasteiger partial charge in [0.05, 0.1) is 0 Å². The molecular formula is C20H24N4O2. The lowest BCUT2D eigenvalue weighted by Crippen LogP contribution is -2.37. The second kappa shape index (κ2) is 8.49. The van der Waals surface area contributed by atoms with Gasteiger partial charge in [0.25, 0.3) is 5.91 Å². The van der Waals surface area contributed by atoms with Crippen molar-refractivity contribution in [1.82, 2.24) is 15.5 Å². The normalized spacial score (nSPS) is 17.0. The number of nitrogens with one attached hydrogen (secondary N) is 2. The van der Waals surface area contributed by atoms with Gasteiger partial charge in [0, 0.05) is 37.8 Å². The smallest absolute Gasteiger partial charge is 0.312 e. The summed E-state index contributed by atoms with van der Waals surface area (Å²) in [5.41, 5.74) is 7.86. The minimum Gasteiger partial charge on any atom is -0.352 e. The van der Waals surface area contributed by atoms with Crippen LogP contribution >= 0.6 is 0 Å². The Bertz CT molecular complexity index is 746. The number of amides is 3. The van der Waals surface area contributed by atoms with Crippen molar-refractivity contribution in [2.45, 2.75) is 25.6 Å². The molecule has 3 amide bonds. The summed E-state index contributed by atoms with van der Waals surface area (Å²) in [5, 5.41) is 5.64. The quantitative estimate of drug-likeness (QED) is 0.741. The van der Waals surface area contributed by atoms with Crippen LogP contribution in [0.5, 0.6) is 0 Å².